The van der Waals surface area contributed by atoms with E-state index in [0.717, 1.165) is 31.9 Å². The van der Waals surface area contributed by atoms with E-state index < -0.39 is 0 Å². The number of ether oxygens (including phenoxy) is 1. The average molecular weight is 238 g/mol. The number of rotatable bonds is 5. The van der Waals surface area contributed by atoms with E-state index in [1.54, 1.807) is 6.26 Å². The summed E-state index contributed by atoms with van der Waals surface area (Å²) in [5.41, 5.74) is 0. The average Bonchev–Trinajstić information content (AvgIpc) is 2.83. The van der Waals surface area contributed by atoms with E-state index in [1.807, 2.05) is 12.1 Å². The number of nitrogens with one attached hydrogen (secondary N) is 1. The molecular weight excluding hydrogens is 220 g/mol. The lowest BCUT2D eigenvalue weighted by atomic mass is 10.3. The Kier molecular flexibility index (Phi) is 4.58. The molecule has 1 aliphatic rings. The van der Waals surface area contributed by atoms with Gasteiger partial charge in [0.15, 0.2) is 0 Å². The number of piperazine rings is 1. The van der Waals surface area contributed by atoms with Crippen molar-refractivity contribution in [2.24, 2.45) is 0 Å². The zero-order valence-corrected chi connectivity index (χ0v) is 9.85. The minimum atomic E-state index is -0.154. The molecule has 0 aliphatic carbocycles. The second-order valence-corrected chi connectivity index (χ2v) is 4.08. The predicted molar refractivity (Wildman–Crippen MR) is 62.7 cm³/mol. The lowest BCUT2D eigenvalue weighted by molar-refractivity contribution is -0.145. The van der Waals surface area contributed by atoms with Gasteiger partial charge in [0.25, 0.3) is 0 Å². The highest BCUT2D eigenvalue weighted by molar-refractivity contribution is 5.71. The summed E-state index contributed by atoms with van der Waals surface area (Å²) >= 11 is 0. The molecule has 1 fully saturated rings. The molecule has 1 aliphatic heterocycles. The number of carbonyl (C=O) groups excluding carboxylic acids is 1. The minimum Gasteiger partial charge on any atom is -0.469 e. The van der Waals surface area contributed by atoms with Crippen LogP contribution in [0.2, 0.25) is 0 Å². The highest BCUT2D eigenvalue weighted by atomic mass is 16.5. The van der Waals surface area contributed by atoms with E-state index >= 15 is 0 Å². The summed E-state index contributed by atoms with van der Waals surface area (Å²) in [6.07, 6.45) is 2.26. The molecule has 94 valence electrons. The van der Waals surface area contributed by atoms with Gasteiger partial charge in [0.05, 0.1) is 19.4 Å². The first-order valence-electron chi connectivity index (χ1n) is 5.95. The van der Waals surface area contributed by atoms with Crippen molar-refractivity contribution in [2.45, 2.75) is 6.42 Å². The Hall–Kier alpha value is -1.33. The van der Waals surface area contributed by atoms with Crippen molar-refractivity contribution in [3.63, 3.8) is 0 Å². The molecule has 5 nitrogen and oxygen atoms in total. The van der Waals surface area contributed by atoms with Gasteiger partial charge in [-0.1, -0.05) is 0 Å². The topological polar surface area (TPSA) is 54.7 Å². The monoisotopic (exact) mass is 238 g/mol. The van der Waals surface area contributed by atoms with E-state index in [4.69, 9.17) is 9.15 Å². The molecule has 0 spiro atoms. The maximum absolute atomic E-state index is 11.5. The summed E-state index contributed by atoms with van der Waals surface area (Å²) in [5.74, 6) is 0.693. The number of hydrogen-bond donors (Lipinski definition) is 1. The molecule has 0 saturated carbocycles. The molecule has 0 radical (unpaired) electrons. The summed E-state index contributed by atoms with van der Waals surface area (Å²) in [5, 5.41) is 3.24. The van der Waals surface area contributed by atoms with Crippen molar-refractivity contribution in [2.75, 3.05) is 39.3 Å². The van der Waals surface area contributed by atoms with Crippen LogP contribution in [0, 0.1) is 0 Å². The van der Waals surface area contributed by atoms with E-state index in [0.29, 0.717) is 19.6 Å². The molecule has 0 bridgehead atoms. The Morgan fingerprint density at radius 1 is 1.47 bits per heavy atom. The molecule has 5 heteroatoms. The van der Waals surface area contributed by atoms with Crippen molar-refractivity contribution in [3.8, 4) is 0 Å². The van der Waals surface area contributed by atoms with Crippen LogP contribution in [-0.4, -0.2) is 50.2 Å². The van der Waals surface area contributed by atoms with Gasteiger partial charge < -0.3 is 14.5 Å². The Morgan fingerprint density at radius 2 is 2.29 bits per heavy atom. The van der Waals surface area contributed by atoms with Gasteiger partial charge in [0.2, 0.25) is 0 Å². The van der Waals surface area contributed by atoms with E-state index in [-0.39, 0.29) is 5.97 Å². The van der Waals surface area contributed by atoms with Crippen molar-refractivity contribution in [1.82, 2.24) is 10.2 Å². The van der Waals surface area contributed by atoms with Gasteiger partial charge in [-0.2, -0.15) is 0 Å². The van der Waals surface area contributed by atoms with Crippen molar-refractivity contribution in [3.05, 3.63) is 24.2 Å². The smallest absolute Gasteiger partial charge is 0.320 e. The molecule has 1 aromatic rings. The maximum atomic E-state index is 11.5. The molecule has 17 heavy (non-hydrogen) atoms. The summed E-state index contributed by atoms with van der Waals surface area (Å²) in [7, 11) is 0. The van der Waals surface area contributed by atoms with Gasteiger partial charge in [-0.25, -0.2) is 0 Å². The number of nitrogens with zero attached hydrogens (tertiary/aromatic N) is 1. The summed E-state index contributed by atoms with van der Waals surface area (Å²) in [4.78, 5) is 13.6. The normalized spacial score (nSPS) is 16.9. The van der Waals surface area contributed by atoms with Crippen LogP contribution in [0.15, 0.2) is 22.8 Å². The predicted octanol–water partition coefficient (Wildman–Crippen LogP) is 0.270. The molecule has 0 atom stereocenters. The van der Waals surface area contributed by atoms with E-state index in [1.165, 1.54) is 0 Å². The summed E-state index contributed by atoms with van der Waals surface area (Å²) < 4.78 is 10.3. The van der Waals surface area contributed by atoms with Crippen LogP contribution in [0.1, 0.15) is 5.76 Å². The zero-order valence-electron chi connectivity index (χ0n) is 9.85. The Morgan fingerprint density at radius 3 is 3.00 bits per heavy atom. The lowest BCUT2D eigenvalue weighted by Gasteiger charge is -2.25. The second-order valence-electron chi connectivity index (χ2n) is 4.08. The van der Waals surface area contributed by atoms with Crippen LogP contribution >= 0.6 is 0 Å². The van der Waals surface area contributed by atoms with Gasteiger partial charge in [-0.3, -0.25) is 9.69 Å². The minimum absolute atomic E-state index is 0.154. The molecule has 2 heterocycles. The number of esters is 1. The van der Waals surface area contributed by atoms with Crippen molar-refractivity contribution >= 4 is 5.97 Å². The molecule has 1 saturated heterocycles. The van der Waals surface area contributed by atoms with Gasteiger partial charge in [0, 0.05) is 32.6 Å². The number of hydrogen-bond acceptors (Lipinski definition) is 5. The third kappa shape index (κ3) is 4.20. The Bertz CT molecular complexity index is 332. The SMILES string of the molecule is O=C(CN1CCNCC1)OCCc1ccco1. The van der Waals surface area contributed by atoms with Crippen molar-refractivity contribution < 1.29 is 13.9 Å². The quantitative estimate of drug-likeness (QED) is 0.746. The molecule has 0 amide bonds. The molecule has 1 aromatic heterocycles. The fourth-order valence-electron chi connectivity index (χ4n) is 1.82. The molecule has 1 N–H and O–H groups in total. The number of furan rings is 1. The van der Waals surface area contributed by atoms with Gasteiger partial charge in [-0.05, 0) is 12.1 Å². The first-order valence-corrected chi connectivity index (χ1v) is 5.95. The first kappa shape index (κ1) is 12.1. The van der Waals surface area contributed by atoms with Crippen molar-refractivity contribution in [1.29, 1.82) is 0 Å². The summed E-state index contributed by atoms with van der Waals surface area (Å²) in [6.45, 7) is 4.48. The maximum Gasteiger partial charge on any atom is 0.320 e. The standard InChI is InChI=1S/C12H18N2O3/c15-12(10-14-6-4-13-5-7-14)17-9-3-11-2-1-8-16-11/h1-2,8,13H,3-7,9-10H2. The molecule has 2 rings (SSSR count). The Balaban J connectivity index is 1.60. The second kappa shape index (κ2) is 6.42. The highest BCUT2D eigenvalue weighted by Crippen LogP contribution is 2.01. The fraction of sp³-hybridized carbons (Fsp3) is 0.583. The van der Waals surface area contributed by atoms with Crippen LogP contribution in [0.4, 0.5) is 0 Å². The van der Waals surface area contributed by atoms with Crippen LogP contribution in [0.3, 0.4) is 0 Å². The lowest BCUT2D eigenvalue weighted by Crippen LogP contribution is -2.45. The first-order chi connectivity index (χ1) is 8.34. The van der Waals surface area contributed by atoms with Crippen LogP contribution < -0.4 is 5.32 Å². The van der Waals surface area contributed by atoms with Gasteiger partial charge in [0.1, 0.15) is 5.76 Å². The zero-order chi connectivity index (χ0) is 11.9. The Labute approximate surface area is 101 Å². The van der Waals surface area contributed by atoms with Crippen LogP contribution in [0.5, 0.6) is 0 Å². The highest BCUT2D eigenvalue weighted by Gasteiger charge is 2.14. The number of carbonyl (C=O) groups is 1. The largest absolute Gasteiger partial charge is 0.469 e. The van der Waals surface area contributed by atoms with Gasteiger partial charge >= 0.3 is 5.97 Å². The van der Waals surface area contributed by atoms with E-state index in [9.17, 15) is 4.79 Å². The van der Waals surface area contributed by atoms with Gasteiger partial charge in [-0.15, -0.1) is 0 Å². The summed E-state index contributed by atoms with van der Waals surface area (Å²) in [6, 6.07) is 3.71. The van der Waals surface area contributed by atoms with Crippen LogP contribution in [0.25, 0.3) is 0 Å². The molecule has 0 aromatic carbocycles. The molecular formula is C12H18N2O3. The molecule has 0 unspecified atom stereocenters. The van der Waals surface area contributed by atoms with E-state index in [2.05, 4.69) is 10.2 Å². The van der Waals surface area contributed by atoms with Crippen LogP contribution in [-0.2, 0) is 16.0 Å². The third-order valence-corrected chi connectivity index (χ3v) is 2.75. The fourth-order valence-corrected chi connectivity index (χ4v) is 1.82. The third-order valence-electron chi connectivity index (χ3n) is 2.75.